The van der Waals surface area contributed by atoms with Gasteiger partial charge in [-0.25, -0.2) is 0 Å². The number of rotatable bonds is 7. The Morgan fingerprint density at radius 3 is 2.38 bits per heavy atom. The molecule has 0 heterocycles. The third-order valence-electron chi connectivity index (χ3n) is 4.59. The van der Waals surface area contributed by atoms with Gasteiger partial charge in [0.05, 0.1) is 0 Å². The molecule has 0 aromatic heterocycles. The van der Waals surface area contributed by atoms with Crippen LogP contribution in [0.3, 0.4) is 0 Å². The zero-order chi connectivity index (χ0) is 12.0. The summed E-state index contributed by atoms with van der Waals surface area (Å²) in [6.07, 6.45) is 10.4. The van der Waals surface area contributed by atoms with Crippen molar-refractivity contribution in [1.82, 2.24) is 5.32 Å². The van der Waals surface area contributed by atoms with Crippen LogP contribution in [0.1, 0.15) is 59.3 Å². The van der Waals surface area contributed by atoms with Gasteiger partial charge in [0.25, 0.3) is 0 Å². The Morgan fingerprint density at radius 1 is 1.19 bits per heavy atom. The van der Waals surface area contributed by atoms with E-state index >= 15 is 0 Å². The Kier molecular flexibility index (Phi) is 6.20. The van der Waals surface area contributed by atoms with Crippen molar-refractivity contribution in [2.75, 3.05) is 12.8 Å². The Hall–Kier alpha value is 0.310. The van der Waals surface area contributed by atoms with Crippen LogP contribution in [0.2, 0.25) is 0 Å². The van der Waals surface area contributed by atoms with Crippen LogP contribution < -0.4 is 5.32 Å². The maximum Gasteiger partial charge on any atom is 0.0276 e. The van der Waals surface area contributed by atoms with Gasteiger partial charge in [-0.3, -0.25) is 0 Å². The second kappa shape index (κ2) is 6.90. The van der Waals surface area contributed by atoms with Crippen molar-refractivity contribution in [3.05, 3.63) is 0 Å². The molecule has 96 valence electrons. The van der Waals surface area contributed by atoms with Crippen molar-refractivity contribution in [2.24, 2.45) is 5.92 Å². The van der Waals surface area contributed by atoms with Crippen LogP contribution in [0, 0.1) is 5.92 Å². The Morgan fingerprint density at radius 2 is 1.88 bits per heavy atom. The molecule has 0 aliphatic heterocycles. The van der Waals surface area contributed by atoms with Gasteiger partial charge in [-0.2, -0.15) is 11.8 Å². The van der Waals surface area contributed by atoms with Gasteiger partial charge in [0.15, 0.2) is 0 Å². The first-order valence-electron chi connectivity index (χ1n) is 6.99. The Bertz CT molecular complexity index is 181. The van der Waals surface area contributed by atoms with Gasteiger partial charge >= 0.3 is 0 Å². The SMILES string of the molecule is CCC1CCCC1NCC(CC)(CC)SC. The summed E-state index contributed by atoms with van der Waals surface area (Å²) in [5.74, 6) is 0.938. The zero-order valence-electron chi connectivity index (χ0n) is 11.5. The molecule has 1 N–H and O–H groups in total. The van der Waals surface area contributed by atoms with E-state index < -0.39 is 0 Å². The third kappa shape index (κ3) is 3.40. The second-order valence-corrected chi connectivity index (χ2v) is 6.46. The number of hydrogen-bond donors (Lipinski definition) is 1. The van der Waals surface area contributed by atoms with E-state index in [2.05, 4.69) is 32.3 Å². The van der Waals surface area contributed by atoms with Gasteiger partial charge < -0.3 is 5.32 Å². The second-order valence-electron chi connectivity index (χ2n) is 5.18. The molecule has 1 saturated carbocycles. The minimum absolute atomic E-state index is 0.473. The largest absolute Gasteiger partial charge is 0.312 e. The van der Waals surface area contributed by atoms with Crippen molar-refractivity contribution < 1.29 is 0 Å². The van der Waals surface area contributed by atoms with Crippen molar-refractivity contribution in [3.63, 3.8) is 0 Å². The van der Waals surface area contributed by atoms with Gasteiger partial charge in [0.1, 0.15) is 0 Å². The predicted molar refractivity (Wildman–Crippen MR) is 76.3 cm³/mol. The molecule has 0 aromatic rings. The maximum atomic E-state index is 3.86. The molecule has 0 bridgehead atoms. The lowest BCUT2D eigenvalue weighted by Crippen LogP contribution is -2.43. The highest BCUT2D eigenvalue weighted by atomic mass is 32.2. The van der Waals surface area contributed by atoms with Crippen LogP contribution in [0.4, 0.5) is 0 Å². The Balaban J connectivity index is 2.42. The molecular weight excluding hydrogens is 214 g/mol. The fraction of sp³-hybridized carbons (Fsp3) is 1.00. The molecule has 2 heteroatoms. The minimum atomic E-state index is 0.473. The maximum absolute atomic E-state index is 3.86. The van der Waals surface area contributed by atoms with Crippen molar-refractivity contribution in [1.29, 1.82) is 0 Å². The third-order valence-corrected chi connectivity index (χ3v) is 6.18. The summed E-state index contributed by atoms with van der Waals surface area (Å²) < 4.78 is 0.473. The van der Waals surface area contributed by atoms with Crippen LogP contribution in [0.15, 0.2) is 0 Å². The van der Waals surface area contributed by atoms with E-state index in [1.54, 1.807) is 0 Å². The fourth-order valence-corrected chi connectivity index (χ4v) is 3.78. The van der Waals surface area contributed by atoms with Crippen LogP contribution in [0.25, 0.3) is 0 Å². The van der Waals surface area contributed by atoms with Gasteiger partial charge in [0.2, 0.25) is 0 Å². The summed E-state index contributed by atoms with van der Waals surface area (Å²) in [7, 11) is 0. The molecule has 2 atom stereocenters. The van der Waals surface area contributed by atoms with Crippen molar-refractivity contribution >= 4 is 11.8 Å². The lowest BCUT2D eigenvalue weighted by molar-refractivity contribution is 0.364. The molecule has 0 aromatic carbocycles. The topological polar surface area (TPSA) is 12.0 Å². The molecule has 2 unspecified atom stereocenters. The number of nitrogens with one attached hydrogen (secondary N) is 1. The molecule has 1 fully saturated rings. The molecule has 0 saturated heterocycles. The van der Waals surface area contributed by atoms with E-state index in [-0.39, 0.29) is 0 Å². The molecule has 0 spiro atoms. The predicted octanol–water partition coefficient (Wildman–Crippen LogP) is 4.08. The lowest BCUT2D eigenvalue weighted by atomic mass is 9.98. The van der Waals surface area contributed by atoms with Gasteiger partial charge in [-0.05, 0) is 37.9 Å². The summed E-state index contributed by atoms with van der Waals surface area (Å²) in [4.78, 5) is 0. The van der Waals surface area contributed by atoms with Crippen LogP contribution in [-0.4, -0.2) is 23.6 Å². The van der Waals surface area contributed by atoms with E-state index in [0.717, 1.165) is 12.0 Å². The average molecular weight is 243 g/mol. The van der Waals surface area contributed by atoms with E-state index in [9.17, 15) is 0 Å². The highest BCUT2D eigenvalue weighted by molar-refractivity contribution is 8.00. The molecule has 16 heavy (non-hydrogen) atoms. The summed E-state index contributed by atoms with van der Waals surface area (Å²) in [5.41, 5.74) is 0. The standard InChI is InChI=1S/C14H29NS/c1-5-12-9-8-10-13(12)15-11-14(6-2,7-3)16-4/h12-13,15H,5-11H2,1-4H3. The Labute approximate surface area is 106 Å². The quantitative estimate of drug-likeness (QED) is 0.723. The highest BCUT2D eigenvalue weighted by Crippen LogP contribution is 2.32. The molecule has 1 nitrogen and oxygen atoms in total. The van der Waals surface area contributed by atoms with Crippen molar-refractivity contribution in [2.45, 2.75) is 70.1 Å². The van der Waals surface area contributed by atoms with Gasteiger partial charge in [-0.15, -0.1) is 0 Å². The summed E-state index contributed by atoms with van der Waals surface area (Å²) >= 11 is 2.05. The summed E-state index contributed by atoms with van der Waals surface area (Å²) in [6.45, 7) is 8.19. The highest BCUT2D eigenvalue weighted by Gasteiger charge is 2.30. The monoisotopic (exact) mass is 243 g/mol. The van der Waals surface area contributed by atoms with E-state index in [1.807, 2.05) is 11.8 Å². The van der Waals surface area contributed by atoms with Crippen molar-refractivity contribution in [3.8, 4) is 0 Å². The van der Waals surface area contributed by atoms with E-state index in [0.29, 0.717) is 4.75 Å². The van der Waals surface area contributed by atoms with Crippen LogP contribution in [-0.2, 0) is 0 Å². The first-order valence-corrected chi connectivity index (χ1v) is 8.22. The average Bonchev–Trinajstić information content (AvgIpc) is 2.79. The van der Waals surface area contributed by atoms with Crippen LogP contribution in [0.5, 0.6) is 0 Å². The van der Waals surface area contributed by atoms with Gasteiger partial charge in [-0.1, -0.05) is 33.6 Å². The van der Waals surface area contributed by atoms with E-state index in [4.69, 9.17) is 0 Å². The molecule has 0 radical (unpaired) electrons. The molecule has 1 rings (SSSR count). The smallest absolute Gasteiger partial charge is 0.0276 e. The molecular formula is C14H29NS. The number of thioether (sulfide) groups is 1. The van der Waals surface area contributed by atoms with Gasteiger partial charge in [0, 0.05) is 17.3 Å². The summed E-state index contributed by atoms with van der Waals surface area (Å²) in [6, 6.07) is 0.801. The van der Waals surface area contributed by atoms with Crippen LogP contribution >= 0.6 is 11.8 Å². The lowest BCUT2D eigenvalue weighted by Gasteiger charge is -2.32. The molecule has 1 aliphatic carbocycles. The minimum Gasteiger partial charge on any atom is -0.312 e. The first-order chi connectivity index (χ1) is 7.71. The summed E-state index contributed by atoms with van der Waals surface area (Å²) in [5, 5.41) is 3.86. The first kappa shape index (κ1) is 14.4. The molecule has 1 aliphatic rings. The number of hydrogen-bond acceptors (Lipinski definition) is 2. The zero-order valence-corrected chi connectivity index (χ0v) is 12.3. The normalized spacial score (nSPS) is 26.2. The van der Waals surface area contributed by atoms with E-state index in [1.165, 1.54) is 45.1 Å². The molecule has 0 amide bonds. The fourth-order valence-electron chi connectivity index (χ4n) is 2.97.